The number of nitrogens with one attached hydrogen (secondary N) is 1. The van der Waals surface area contributed by atoms with Gasteiger partial charge in [0.15, 0.2) is 0 Å². The summed E-state index contributed by atoms with van der Waals surface area (Å²) in [6.45, 7) is 0.593. The molecule has 3 rings (SSSR count). The summed E-state index contributed by atoms with van der Waals surface area (Å²) in [7, 11) is 4.09. The fraction of sp³-hybridized carbons (Fsp3) is 0.261. The van der Waals surface area contributed by atoms with E-state index in [9.17, 15) is 4.79 Å². The third kappa shape index (κ3) is 5.28. The molecule has 27 heavy (non-hydrogen) atoms. The van der Waals surface area contributed by atoms with E-state index in [1.54, 1.807) is 11.3 Å². The van der Waals surface area contributed by atoms with Crippen LogP contribution in [0.15, 0.2) is 71.4 Å². The quantitative estimate of drug-likeness (QED) is 0.623. The number of carbonyl (C=O) groups excluding carboxylic acids is 1. The molecule has 0 saturated heterocycles. The molecule has 0 aliphatic carbocycles. The summed E-state index contributed by atoms with van der Waals surface area (Å²) in [5.41, 5.74) is 4.40. The number of amides is 1. The van der Waals surface area contributed by atoms with Crippen molar-refractivity contribution in [2.45, 2.75) is 18.9 Å². The maximum atomic E-state index is 12.8. The largest absolute Gasteiger partial charge is 0.350 e. The van der Waals surface area contributed by atoms with E-state index in [0.717, 1.165) is 24.0 Å². The van der Waals surface area contributed by atoms with Crippen LogP contribution in [0.5, 0.6) is 0 Å². The zero-order valence-electron chi connectivity index (χ0n) is 15.9. The summed E-state index contributed by atoms with van der Waals surface area (Å²) >= 11 is 1.68. The number of nitrogens with zero attached hydrogens (tertiary/aromatic N) is 1. The second-order valence-corrected chi connectivity index (χ2v) is 7.67. The minimum atomic E-state index is 0.000686. The maximum Gasteiger partial charge on any atom is 0.251 e. The van der Waals surface area contributed by atoms with E-state index in [4.69, 9.17) is 0 Å². The second-order valence-electron chi connectivity index (χ2n) is 6.89. The van der Waals surface area contributed by atoms with Crippen molar-refractivity contribution in [1.82, 2.24) is 10.2 Å². The lowest BCUT2D eigenvalue weighted by molar-refractivity contribution is 0.0941. The third-order valence-corrected chi connectivity index (χ3v) is 5.50. The van der Waals surface area contributed by atoms with Crippen LogP contribution in [0.25, 0.3) is 0 Å². The summed E-state index contributed by atoms with van der Waals surface area (Å²) in [6, 6.07) is 20.6. The molecular formula is C23H26N2OS. The second kappa shape index (κ2) is 9.49. The highest BCUT2D eigenvalue weighted by Gasteiger charge is 2.17. The van der Waals surface area contributed by atoms with Gasteiger partial charge in [0.25, 0.3) is 5.91 Å². The molecule has 0 fully saturated rings. The van der Waals surface area contributed by atoms with Crippen LogP contribution in [0, 0.1) is 0 Å². The van der Waals surface area contributed by atoms with Crippen molar-refractivity contribution in [3.63, 3.8) is 0 Å². The maximum absolute atomic E-state index is 12.8. The molecule has 0 bridgehead atoms. The normalized spacial score (nSPS) is 12.1. The Bertz CT molecular complexity index is 844. The minimum Gasteiger partial charge on any atom is -0.350 e. The van der Waals surface area contributed by atoms with Crippen LogP contribution in [-0.4, -0.2) is 31.4 Å². The van der Waals surface area contributed by atoms with Crippen molar-refractivity contribution in [1.29, 1.82) is 0 Å². The smallest absolute Gasteiger partial charge is 0.251 e. The van der Waals surface area contributed by atoms with Crippen molar-refractivity contribution < 1.29 is 4.79 Å². The van der Waals surface area contributed by atoms with Gasteiger partial charge in [-0.2, -0.15) is 11.3 Å². The van der Waals surface area contributed by atoms with Gasteiger partial charge in [-0.05, 0) is 66.5 Å². The first-order valence-corrected chi connectivity index (χ1v) is 10.2. The van der Waals surface area contributed by atoms with Gasteiger partial charge < -0.3 is 10.2 Å². The Balaban J connectivity index is 1.66. The molecule has 0 aliphatic rings. The van der Waals surface area contributed by atoms with Crippen molar-refractivity contribution in [2.75, 3.05) is 20.6 Å². The number of likely N-dealkylation sites (N-methyl/N-ethyl adjacent to an activating group) is 1. The van der Waals surface area contributed by atoms with Crippen molar-refractivity contribution in [3.8, 4) is 0 Å². The molecule has 140 valence electrons. The Labute approximate surface area is 165 Å². The van der Waals surface area contributed by atoms with Gasteiger partial charge >= 0.3 is 0 Å². The Hall–Kier alpha value is -2.43. The predicted octanol–water partition coefficient (Wildman–Crippen LogP) is 4.57. The number of hydrogen-bond donors (Lipinski definition) is 1. The summed E-state index contributed by atoms with van der Waals surface area (Å²) in [6.07, 6.45) is 1.79. The molecule has 1 N–H and O–H groups in total. The van der Waals surface area contributed by atoms with Crippen LogP contribution in [0.2, 0.25) is 0 Å². The van der Waals surface area contributed by atoms with E-state index in [0.29, 0.717) is 6.54 Å². The van der Waals surface area contributed by atoms with E-state index in [2.05, 4.69) is 57.4 Å². The fourth-order valence-electron chi connectivity index (χ4n) is 3.23. The van der Waals surface area contributed by atoms with Gasteiger partial charge in [-0.15, -0.1) is 0 Å². The van der Waals surface area contributed by atoms with Crippen molar-refractivity contribution >= 4 is 17.2 Å². The zero-order chi connectivity index (χ0) is 19.1. The average molecular weight is 379 g/mol. The Morgan fingerprint density at radius 1 is 1.00 bits per heavy atom. The molecule has 2 aromatic carbocycles. The van der Waals surface area contributed by atoms with Crippen LogP contribution in [0.1, 0.15) is 33.1 Å². The van der Waals surface area contributed by atoms with Gasteiger partial charge in [-0.1, -0.05) is 48.5 Å². The van der Waals surface area contributed by atoms with Crippen molar-refractivity contribution in [3.05, 3.63) is 93.7 Å². The molecule has 0 saturated carbocycles. The molecule has 1 unspecified atom stereocenters. The van der Waals surface area contributed by atoms with Crippen LogP contribution in [0.4, 0.5) is 0 Å². The summed E-state index contributed by atoms with van der Waals surface area (Å²) < 4.78 is 0. The molecule has 1 amide bonds. The average Bonchev–Trinajstić information content (AvgIpc) is 3.21. The molecule has 0 aliphatic heterocycles. The molecule has 1 aromatic heterocycles. The summed E-state index contributed by atoms with van der Waals surface area (Å²) in [5, 5.41) is 7.35. The topological polar surface area (TPSA) is 32.3 Å². The Kier molecular flexibility index (Phi) is 6.80. The fourth-order valence-corrected chi connectivity index (χ4v) is 3.94. The zero-order valence-corrected chi connectivity index (χ0v) is 16.7. The van der Waals surface area contributed by atoms with Gasteiger partial charge in [0.1, 0.15) is 0 Å². The number of rotatable bonds is 8. The monoisotopic (exact) mass is 378 g/mol. The van der Waals surface area contributed by atoms with Gasteiger partial charge in [-0.25, -0.2) is 0 Å². The van der Waals surface area contributed by atoms with Gasteiger partial charge in [0, 0.05) is 12.1 Å². The Morgan fingerprint density at radius 3 is 2.44 bits per heavy atom. The predicted molar refractivity (Wildman–Crippen MR) is 113 cm³/mol. The first kappa shape index (κ1) is 19.3. The number of benzene rings is 2. The molecule has 0 spiro atoms. The Morgan fingerprint density at radius 2 is 1.74 bits per heavy atom. The third-order valence-electron chi connectivity index (χ3n) is 4.80. The number of thiophene rings is 1. The van der Waals surface area contributed by atoms with Crippen LogP contribution >= 0.6 is 11.3 Å². The van der Waals surface area contributed by atoms with Crippen LogP contribution in [0.3, 0.4) is 0 Å². The first-order valence-electron chi connectivity index (χ1n) is 9.23. The summed E-state index contributed by atoms with van der Waals surface area (Å²) in [4.78, 5) is 15.0. The van der Waals surface area contributed by atoms with E-state index >= 15 is 0 Å². The molecule has 3 aromatic rings. The number of aryl methyl sites for hydroxylation is 2. The van der Waals surface area contributed by atoms with Gasteiger partial charge in [0.05, 0.1) is 6.04 Å². The lowest BCUT2D eigenvalue weighted by atomic mass is 9.99. The van der Waals surface area contributed by atoms with Crippen molar-refractivity contribution in [2.24, 2.45) is 0 Å². The van der Waals surface area contributed by atoms with E-state index < -0.39 is 0 Å². The molecule has 1 heterocycles. The van der Waals surface area contributed by atoms with Crippen LogP contribution < -0.4 is 5.32 Å². The van der Waals surface area contributed by atoms with E-state index in [-0.39, 0.29) is 11.9 Å². The highest BCUT2D eigenvalue weighted by Crippen LogP contribution is 2.20. The molecule has 4 heteroatoms. The minimum absolute atomic E-state index is 0.000686. The first-order chi connectivity index (χ1) is 13.1. The van der Waals surface area contributed by atoms with E-state index in [1.807, 2.05) is 38.4 Å². The molecular weight excluding hydrogens is 352 g/mol. The standard InChI is InChI=1S/C23H26N2OS/c1-25(2)22(20-14-15-27-17-20)16-24-23(26)21-11-7-6-10-19(21)13-12-18-8-4-3-5-9-18/h3-11,14-15,17,22H,12-13,16H2,1-2H3,(H,24,26). The molecule has 1 atom stereocenters. The number of hydrogen-bond acceptors (Lipinski definition) is 3. The van der Waals surface area contributed by atoms with Gasteiger partial charge in [0.2, 0.25) is 0 Å². The number of carbonyl (C=O) groups is 1. The molecule has 3 nitrogen and oxygen atoms in total. The highest BCUT2D eigenvalue weighted by atomic mass is 32.1. The lowest BCUT2D eigenvalue weighted by Gasteiger charge is -2.24. The SMILES string of the molecule is CN(C)C(CNC(=O)c1ccccc1CCc1ccccc1)c1ccsc1. The highest BCUT2D eigenvalue weighted by molar-refractivity contribution is 7.07. The summed E-state index contributed by atoms with van der Waals surface area (Å²) in [5.74, 6) is 0.000686. The lowest BCUT2D eigenvalue weighted by Crippen LogP contribution is -2.34. The van der Waals surface area contributed by atoms with Crippen LogP contribution in [-0.2, 0) is 12.8 Å². The van der Waals surface area contributed by atoms with Gasteiger partial charge in [-0.3, -0.25) is 4.79 Å². The van der Waals surface area contributed by atoms with E-state index in [1.165, 1.54) is 11.1 Å². The molecule has 0 radical (unpaired) electrons.